The molecule has 26 heteroatoms. The van der Waals surface area contributed by atoms with Gasteiger partial charge in [-0.05, 0) is 58.1 Å². The summed E-state index contributed by atoms with van der Waals surface area (Å²) in [6, 6.07) is 8.38. The standard InChI is InChI=1S/C6H4ClF4NO2S.C6H4ClNO2S.C6H4F5NO2S.2FH.Zn/c7-15(8,9,10,11)6-3-1-5(2-4-6)12(13)14;7-11-6-3-1-5(2-4-6)8(9)10;7-15(8,9,10,11)6-3-1-5(2-4-6)12(13)14;;;/h1-4H;1-4H;1-4H;2*1H;/q;;;;;+2/p-2. The van der Waals surface area contributed by atoms with Crippen LogP contribution in [-0.4, -0.2) is 14.8 Å². The van der Waals surface area contributed by atoms with Gasteiger partial charge in [-0.3, -0.25) is 30.3 Å². The van der Waals surface area contributed by atoms with Crippen LogP contribution in [0.1, 0.15) is 0 Å². The second-order valence-corrected chi connectivity index (χ2v) is 15.6. The molecule has 0 radical (unpaired) electrons. The van der Waals surface area contributed by atoms with Crippen LogP contribution in [0.5, 0.6) is 0 Å². The number of halogens is 13. The molecule has 0 aliphatic heterocycles. The Labute approximate surface area is 260 Å². The number of rotatable bonds is 6. The van der Waals surface area contributed by atoms with Gasteiger partial charge in [-0.2, -0.15) is 0 Å². The van der Waals surface area contributed by atoms with E-state index in [9.17, 15) is 71.9 Å². The molecule has 0 amide bonds. The van der Waals surface area contributed by atoms with Crippen molar-refractivity contribution in [2.75, 3.05) is 0 Å². The molecule has 0 N–H and O–H groups in total. The van der Waals surface area contributed by atoms with E-state index in [1.807, 2.05) is 0 Å². The van der Waals surface area contributed by atoms with E-state index in [0.29, 0.717) is 24.3 Å². The van der Waals surface area contributed by atoms with Crippen molar-refractivity contribution in [3.8, 4) is 0 Å². The van der Waals surface area contributed by atoms with Gasteiger partial charge in [0.25, 0.3) is 26.1 Å². The molecule has 0 unspecified atom stereocenters. The van der Waals surface area contributed by atoms with E-state index in [2.05, 4.69) is 10.7 Å². The molecule has 246 valence electrons. The van der Waals surface area contributed by atoms with Gasteiger partial charge >= 0.3 is 35.0 Å². The third-order valence-corrected chi connectivity index (χ3v) is 7.97. The van der Waals surface area contributed by atoms with Crippen molar-refractivity contribution >= 4 is 68.7 Å². The van der Waals surface area contributed by atoms with Crippen molar-refractivity contribution in [2.24, 2.45) is 0 Å². The Bertz CT molecular complexity index is 1390. The number of non-ortho nitro benzene ring substituents is 3. The summed E-state index contributed by atoms with van der Waals surface area (Å²) in [5.74, 6) is 0. The molecule has 0 aromatic heterocycles. The first-order chi connectivity index (χ1) is 19.4. The molecule has 0 aliphatic carbocycles. The zero-order chi connectivity index (χ0) is 34.9. The average molecular weight is 808 g/mol. The van der Waals surface area contributed by atoms with Crippen LogP contribution in [0.25, 0.3) is 0 Å². The van der Waals surface area contributed by atoms with Crippen LogP contribution in [0.2, 0.25) is 0 Å². The molecule has 0 bridgehead atoms. The molecule has 3 aromatic carbocycles. The van der Waals surface area contributed by atoms with Crippen molar-refractivity contribution in [1.82, 2.24) is 0 Å². The van der Waals surface area contributed by atoms with E-state index >= 15 is 0 Å². The summed E-state index contributed by atoms with van der Waals surface area (Å²) in [4.78, 5) is 25.0. The van der Waals surface area contributed by atoms with Crippen LogP contribution in [0, 0.1) is 30.3 Å². The fourth-order valence-corrected chi connectivity index (χ4v) is 4.43. The van der Waals surface area contributed by atoms with Gasteiger partial charge < -0.3 is 0 Å². The van der Waals surface area contributed by atoms with Crippen LogP contribution >= 0.6 is 51.6 Å². The van der Waals surface area contributed by atoms with E-state index in [1.54, 1.807) is 12.1 Å². The summed E-state index contributed by atoms with van der Waals surface area (Å²) >= 11 is -2.88. The Morgan fingerprint density at radius 2 is 0.818 bits per heavy atom. The van der Waals surface area contributed by atoms with Gasteiger partial charge in [0.05, 0.1) is 19.7 Å². The van der Waals surface area contributed by atoms with E-state index in [1.165, 1.54) is 12.1 Å². The Morgan fingerprint density at radius 1 is 0.568 bits per heavy atom. The van der Waals surface area contributed by atoms with Crippen LogP contribution in [-0.2, 0) is 18.1 Å². The Balaban J connectivity index is 0.000000609. The third kappa shape index (κ3) is 15.4. The molecule has 0 aliphatic rings. The summed E-state index contributed by atoms with van der Waals surface area (Å²) in [6.07, 6.45) is 0. The zero-order valence-corrected chi connectivity index (χ0v) is 27.5. The number of nitro benzene ring substituents is 3. The molecular formula is C18H12Cl2F11N3O6S3Zn. The Hall–Kier alpha value is -2.66. The first kappa shape index (κ1) is 41.3. The third-order valence-electron chi connectivity index (χ3n) is 4.12. The maximum atomic E-state index is 12.5. The van der Waals surface area contributed by atoms with E-state index in [0.717, 1.165) is 15.9 Å². The molecule has 0 saturated heterocycles. The van der Waals surface area contributed by atoms with Gasteiger partial charge in [-0.1, -0.05) is 19.4 Å². The quantitative estimate of drug-likeness (QED) is 0.105. The number of nitro groups is 3. The Kier molecular flexibility index (Phi) is 12.6. The summed E-state index contributed by atoms with van der Waals surface area (Å²) in [5.41, 5.74) is -1.17. The summed E-state index contributed by atoms with van der Waals surface area (Å²) in [5, 5.41) is 30.4. The molecular weight excluding hydrogens is 796 g/mol. The molecule has 3 rings (SSSR count). The SMILES string of the molecule is O=[N+]([O-])c1ccc(S(F)(F)(F)(F)Cl)cc1.O=[N+]([O-])c1ccc(S(F)(F)(F)(F)F)cc1.O=[N+]([O-])c1ccc(SCl)cc1.[F][Zn][F]. The fourth-order valence-electron chi connectivity index (χ4n) is 2.27. The molecule has 9 nitrogen and oxygen atoms in total. The second kappa shape index (κ2) is 13.4. The van der Waals surface area contributed by atoms with Crippen molar-refractivity contribution in [1.29, 1.82) is 0 Å². The molecule has 0 atom stereocenters. The molecule has 3 aromatic rings. The van der Waals surface area contributed by atoms with Crippen molar-refractivity contribution in [3.63, 3.8) is 0 Å². The van der Waals surface area contributed by atoms with Crippen molar-refractivity contribution in [2.45, 2.75) is 14.7 Å². The van der Waals surface area contributed by atoms with Crippen LogP contribution < -0.4 is 0 Å². The average Bonchev–Trinajstić information content (AvgIpc) is 2.87. The molecule has 0 heterocycles. The topological polar surface area (TPSA) is 129 Å². The van der Waals surface area contributed by atoms with Gasteiger partial charge in [-0.15, -0.1) is 15.5 Å². The van der Waals surface area contributed by atoms with E-state index in [4.69, 9.17) is 10.7 Å². The number of hydrogen-bond donors (Lipinski definition) is 0. The van der Waals surface area contributed by atoms with Crippen molar-refractivity contribution < 1.29 is 74.5 Å². The molecule has 0 spiro atoms. The molecule has 44 heavy (non-hydrogen) atoms. The molecule has 0 fully saturated rings. The van der Waals surface area contributed by atoms with E-state index < -0.39 is 73.3 Å². The van der Waals surface area contributed by atoms with Crippen LogP contribution in [0.15, 0.2) is 87.5 Å². The summed E-state index contributed by atoms with van der Waals surface area (Å²) in [7, 11) is -8.03. The maximum absolute atomic E-state index is 12.5. The van der Waals surface area contributed by atoms with Crippen LogP contribution in [0.4, 0.5) is 58.7 Å². The first-order valence-electron chi connectivity index (χ1n) is 10.1. The summed E-state index contributed by atoms with van der Waals surface area (Å²) in [6.45, 7) is 0. The monoisotopic (exact) mass is 805 g/mol. The number of benzene rings is 3. The predicted octanol–water partition coefficient (Wildman–Crippen LogP) is 12.5. The normalized spacial score (nSPS) is 13.9. The first-order valence-corrected chi connectivity index (χ1v) is 18.8. The van der Waals surface area contributed by atoms with Gasteiger partial charge in [0.2, 0.25) is 0 Å². The predicted molar refractivity (Wildman–Crippen MR) is 141 cm³/mol. The molecule has 0 saturated carbocycles. The minimum absolute atomic E-state index is 0.000309. The summed E-state index contributed by atoms with van der Waals surface area (Å²) < 4.78 is 130. The number of hydrogen-bond acceptors (Lipinski definition) is 7. The zero-order valence-electron chi connectivity index (χ0n) is 20.6. The van der Waals surface area contributed by atoms with Gasteiger partial charge in [-0.25, -0.2) is 0 Å². The van der Waals surface area contributed by atoms with E-state index in [-0.39, 0.29) is 30.0 Å². The minimum atomic E-state index is -9.71. The van der Waals surface area contributed by atoms with Gasteiger partial charge in [0.15, 0.2) is 0 Å². The van der Waals surface area contributed by atoms with Gasteiger partial charge in [0.1, 0.15) is 4.90 Å². The Morgan fingerprint density at radius 3 is 1.02 bits per heavy atom. The number of nitrogens with zero attached hydrogens (tertiary/aromatic N) is 3. The second-order valence-electron chi connectivity index (χ2n) is 7.37. The van der Waals surface area contributed by atoms with Gasteiger partial charge in [0, 0.05) is 52.0 Å². The van der Waals surface area contributed by atoms with Crippen molar-refractivity contribution in [3.05, 3.63) is 103 Å². The fraction of sp³-hybridized carbons (Fsp3) is 0. The van der Waals surface area contributed by atoms with Crippen LogP contribution in [0.3, 0.4) is 0 Å².